The molecule has 0 unspecified atom stereocenters. The minimum atomic E-state index is -3.44. The van der Waals surface area contributed by atoms with Gasteiger partial charge in [0.25, 0.3) is 0 Å². The Hall–Kier alpha value is -2.67. The lowest BCUT2D eigenvalue weighted by molar-refractivity contribution is 0.150. The van der Waals surface area contributed by atoms with Crippen LogP contribution in [0.1, 0.15) is 36.8 Å². The van der Waals surface area contributed by atoms with E-state index in [1.165, 1.54) is 5.56 Å². The van der Waals surface area contributed by atoms with Gasteiger partial charge in [0.05, 0.1) is 4.90 Å². The minimum Gasteiger partial charge on any atom is -0.489 e. The van der Waals surface area contributed by atoms with Crippen molar-refractivity contribution in [3.8, 4) is 5.75 Å². The van der Waals surface area contributed by atoms with Crippen molar-refractivity contribution in [2.75, 3.05) is 13.1 Å². The Bertz CT molecular complexity index is 1160. The van der Waals surface area contributed by atoms with Gasteiger partial charge >= 0.3 is 0 Å². The monoisotopic (exact) mass is 476 g/mol. The maximum absolute atomic E-state index is 13.4. The number of piperidine rings is 1. The van der Waals surface area contributed by atoms with Gasteiger partial charge < -0.3 is 4.74 Å². The van der Waals surface area contributed by atoms with Crippen molar-refractivity contribution < 1.29 is 13.2 Å². The first-order chi connectivity index (χ1) is 16.6. The van der Waals surface area contributed by atoms with Crippen LogP contribution < -0.4 is 4.74 Å². The predicted octanol–water partition coefficient (Wildman–Crippen LogP) is 5.08. The number of rotatable bonds is 9. The Morgan fingerprint density at radius 1 is 0.735 bits per heavy atom. The summed E-state index contributed by atoms with van der Waals surface area (Å²) in [6.07, 6.45) is 3.71. The van der Waals surface area contributed by atoms with Gasteiger partial charge in [-0.3, -0.25) is 4.90 Å². The molecule has 2 aliphatic rings. The van der Waals surface area contributed by atoms with Gasteiger partial charge in [-0.15, -0.1) is 0 Å². The van der Waals surface area contributed by atoms with E-state index in [0.29, 0.717) is 11.5 Å². The standard InChI is InChI=1S/C28H32N2O3S/c31-34(32,28-9-5-2-6-10-28)30(25-13-14-25)26-17-19-29(20-18-26)21-23-11-15-27(16-12-23)33-22-24-7-3-1-4-8-24/h1-12,15-16,25-26H,13-14,17-22H2. The highest BCUT2D eigenvalue weighted by Crippen LogP contribution is 2.36. The van der Waals surface area contributed by atoms with Gasteiger partial charge in [-0.05, 0) is 61.1 Å². The third kappa shape index (κ3) is 5.52. The smallest absolute Gasteiger partial charge is 0.243 e. The molecule has 0 radical (unpaired) electrons. The summed E-state index contributed by atoms with van der Waals surface area (Å²) in [6, 6.07) is 27.7. The molecule has 1 saturated carbocycles. The molecule has 0 spiro atoms. The molecule has 0 aromatic heterocycles. The fourth-order valence-corrected chi connectivity index (χ4v) is 6.71. The quantitative estimate of drug-likeness (QED) is 0.432. The lowest BCUT2D eigenvalue weighted by Gasteiger charge is -2.38. The van der Waals surface area contributed by atoms with E-state index in [-0.39, 0.29) is 12.1 Å². The summed E-state index contributed by atoms with van der Waals surface area (Å²) in [5, 5.41) is 0. The molecule has 1 heterocycles. The van der Waals surface area contributed by atoms with Gasteiger partial charge in [0.2, 0.25) is 10.0 Å². The molecular weight excluding hydrogens is 444 g/mol. The van der Waals surface area contributed by atoms with Crippen LogP contribution in [0.3, 0.4) is 0 Å². The molecule has 1 aliphatic carbocycles. The molecule has 0 atom stereocenters. The van der Waals surface area contributed by atoms with Crippen LogP contribution in [-0.2, 0) is 23.2 Å². The predicted molar refractivity (Wildman–Crippen MR) is 134 cm³/mol. The van der Waals surface area contributed by atoms with E-state index in [0.717, 1.165) is 56.6 Å². The average Bonchev–Trinajstić information content (AvgIpc) is 3.71. The van der Waals surface area contributed by atoms with Gasteiger partial charge in [-0.25, -0.2) is 8.42 Å². The Balaban J connectivity index is 1.15. The Morgan fingerprint density at radius 2 is 1.32 bits per heavy atom. The summed E-state index contributed by atoms with van der Waals surface area (Å²) in [4.78, 5) is 2.84. The molecule has 5 nitrogen and oxygen atoms in total. The second-order valence-corrected chi connectivity index (χ2v) is 11.1. The Morgan fingerprint density at radius 3 is 1.94 bits per heavy atom. The maximum Gasteiger partial charge on any atom is 0.243 e. The number of nitrogens with zero attached hydrogens (tertiary/aromatic N) is 2. The second-order valence-electron chi connectivity index (χ2n) is 9.30. The van der Waals surface area contributed by atoms with E-state index in [4.69, 9.17) is 4.74 Å². The zero-order valence-electron chi connectivity index (χ0n) is 19.4. The van der Waals surface area contributed by atoms with Crippen LogP contribution in [-0.4, -0.2) is 42.8 Å². The first kappa shape index (κ1) is 23.1. The second kappa shape index (κ2) is 10.3. The minimum absolute atomic E-state index is 0.0859. The number of likely N-dealkylation sites (tertiary alicyclic amines) is 1. The molecule has 1 aliphatic heterocycles. The molecule has 1 saturated heterocycles. The molecule has 6 heteroatoms. The maximum atomic E-state index is 13.4. The van der Waals surface area contributed by atoms with Crippen LogP contribution in [0.15, 0.2) is 89.8 Å². The molecule has 0 N–H and O–H groups in total. The summed E-state index contributed by atoms with van der Waals surface area (Å²) >= 11 is 0. The van der Waals surface area contributed by atoms with Crippen molar-refractivity contribution in [3.05, 3.63) is 96.1 Å². The average molecular weight is 477 g/mol. The summed E-state index contributed by atoms with van der Waals surface area (Å²) in [7, 11) is -3.44. The summed E-state index contributed by atoms with van der Waals surface area (Å²) in [5.41, 5.74) is 2.41. The van der Waals surface area contributed by atoms with Crippen LogP contribution in [0.5, 0.6) is 5.75 Å². The van der Waals surface area contributed by atoms with Crippen molar-refractivity contribution >= 4 is 10.0 Å². The largest absolute Gasteiger partial charge is 0.489 e. The SMILES string of the molecule is O=S(=O)(c1ccccc1)N(C1CC1)C1CCN(Cc2ccc(OCc3ccccc3)cc2)CC1. The Kier molecular flexibility index (Phi) is 6.99. The molecule has 0 bridgehead atoms. The zero-order chi connectivity index (χ0) is 23.4. The molecule has 0 amide bonds. The Labute approximate surface area is 203 Å². The summed E-state index contributed by atoms with van der Waals surface area (Å²) in [5.74, 6) is 0.873. The molecule has 2 fully saturated rings. The van der Waals surface area contributed by atoms with E-state index < -0.39 is 10.0 Å². The van der Waals surface area contributed by atoms with Gasteiger partial charge in [0.15, 0.2) is 0 Å². The molecular formula is C28H32N2O3S. The van der Waals surface area contributed by atoms with Gasteiger partial charge in [0.1, 0.15) is 12.4 Å². The van der Waals surface area contributed by atoms with Crippen LogP contribution >= 0.6 is 0 Å². The third-order valence-corrected chi connectivity index (χ3v) is 8.74. The van der Waals surface area contributed by atoms with Gasteiger partial charge in [-0.1, -0.05) is 60.7 Å². The molecule has 5 rings (SSSR count). The van der Waals surface area contributed by atoms with Gasteiger partial charge in [-0.2, -0.15) is 4.31 Å². The number of benzene rings is 3. The molecule has 34 heavy (non-hydrogen) atoms. The topological polar surface area (TPSA) is 49.9 Å². The first-order valence-electron chi connectivity index (χ1n) is 12.2. The van der Waals surface area contributed by atoms with Crippen LogP contribution in [0, 0.1) is 0 Å². The lowest BCUT2D eigenvalue weighted by Crippen LogP contribution is -2.48. The van der Waals surface area contributed by atoms with Crippen LogP contribution in [0.4, 0.5) is 0 Å². The van der Waals surface area contributed by atoms with Crippen molar-refractivity contribution in [1.82, 2.24) is 9.21 Å². The van der Waals surface area contributed by atoms with Crippen molar-refractivity contribution in [2.24, 2.45) is 0 Å². The van der Waals surface area contributed by atoms with Crippen molar-refractivity contribution in [1.29, 1.82) is 0 Å². The molecule has 3 aromatic rings. The zero-order valence-corrected chi connectivity index (χ0v) is 20.2. The fourth-order valence-electron chi connectivity index (χ4n) is 4.76. The highest BCUT2D eigenvalue weighted by Gasteiger charge is 2.43. The van der Waals surface area contributed by atoms with E-state index in [2.05, 4.69) is 29.2 Å². The van der Waals surface area contributed by atoms with Crippen molar-refractivity contribution in [2.45, 2.75) is 55.8 Å². The lowest BCUT2D eigenvalue weighted by atomic mass is 10.0. The highest BCUT2D eigenvalue weighted by atomic mass is 32.2. The van der Waals surface area contributed by atoms with E-state index in [1.54, 1.807) is 24.3 Å². The van der Waals surface area contributed by atoms with Crippen LogP contribution in [0.2, 0.25) is 0 Å². The fraction of sp³-hybridized carbons (Fsp3) is 0.357. The van der Waals surface area contributed by atoms with E-state index in [1.807, 2.05) is 40.7 Å². The van der Waals surface area contributed by atoms with Crippen molar-refractivity contribution in [3.63, 3.8) is 0 Å². The number of sulfonamides is 1. The highest BCUT2D eigenvalue weighted by molar-refractivity contribution is 7.89. The van der Waals surface area contributed by atoms with Crippen LogP contribution in [0.25, 0.3) is 0 Å². The normalized spacial score (nSPS) is 17.7. The molecule has 178 valence electrons. The number of hydrogen-bond donors (Lipinski definition) is 0. The summed E-state index contributed by atoms with van der Waals surface area (Å²) < 4.78 is 34.5. The first-order valence-corrected chi connectivity index (χ1v) is 13.6. The summed E-state index contributed by atoms with van der Waals surface area (Å²) in [6.45, 7) is 3.26. The van der Waals surface area contributed by atoms with E-state index in [9.17, 15) is 8.42 Å². The third-order valence-electron chi connectivity index (χ3n) is 6.72. The number of hydrogen-bond acceptors (Lipinski definition) is 4. The van der Waals surface area contributed by atoms with Gasteiger partial charge in [0, 0.05) is 31.7 Å². The number of ether oxygens (including phenoxy) is 1. The molecule has 3 aromatic carbocycles. The van der Waals surface area contributed by atoms with E-state index >= 15 is 0 Å².